The van der Waals surface area contributed by atoms with E-state index in [0.717, 1.165) is 5.69 Å². The maximum absolute atomic E-state index is 11.9. The van der Waals surface area contributed by atoms with Gasteiger partial charge in [0, 0.05) is 35.9 Å². The Hall–Kier alpha value is -2.63. The molecule has 0 saturated heterocycles. The van der Waals surface area contributed by atoms with Gasteiger partial charge in [-0.05, 0) is 26.0 Å². The molecule has 0 radical (unpaired) electrons. The van der Waals surface area contributed by atoms with Crippen LogP contribution in [0.1, 0.15) is 20.3 Å². The molecule has 2 rings (SSSR count). The van der Waals surface area contributed by atoms with E-state index in [2.05, 4.69) is 4.98 Å². The molecule has 0 spiro atoms. The van der Waals surface area contributed by atoms with Crippen LogP contribution < -0.4 is 4.90 Å². The lowest BCUT2D eigenvalue weighted by Gasteiger charge is -2.33. The Morgan fingerprint density at radius 1 is 1.19 bits per heavy atom. The molecule has 2 heterocycles. The molecule has 1 aromatic heterocycles. The average Bonchev–Trinajstić information content (AvgIpc) is 2.47. The fourth-order valence-electron chi connectivity index (χ4n) is 2.41. The number of carbonyl (C=O) groups excluding carboxylic acids is 1. The Labute approximate surface area is 122 Å². The Kier molecular flexibility index (Phi) is 4.07. The van der Waals surface area contributed by atoms with Crippen LogP contribution in [0.15, 0.2) is 47.1 Å². The number of ether oxygens (including phenoxy) is 1. The molecule has 1 aliphatic rings. The summed E-state index contributed by atoms with van der Waals surface area (Å²) in [6, 6.07) is 3.51. The number of allylic oxidation sites excluding steroid dienone is 2. The number of rotatable bonds is 3. The molecule has 0 bridgehead atoms. The van der Waals surface area contributed by atoms with E-state index in [4.69, 9.17) is 4.74 Å². The van der Waals surface area contributed by atoms with Crippen molar-refractivity contribution >= 4 is 17.6 Å². The Balaban J connectivity index is 2.60. The van der Waals surface area contributed by atoms with Crippen molar-refractivity contribution < 1.29 is 19.4 Å². The van der Waals surface area contributed by atoms with Gasteiger partial charge in [0.05, 0.1) is 18.3 Å². The van der Waals surface area contributed by atoms with Gasteiger partial charge in [-0.25, -0.2) is 9.59 Å². The number of hydrogen-bond donors (Lipinski definition) is 1. The summed E-state index contributed by atoms with van der Waals surface area (Å²) in [6.07, 6.45) is 3.28. The topological polar surface area (TPSA) is 79.7 Å². The number of carboxylic acids is 1. The van der Waals surface area contributed by atoms with E-state index in [1.165, 1.54) is 7.11 Å². The number of aliphatic carboxylic acids is 1. The number of nitrogens with zero attached hydrogens (tertiary/aromatic N) is 2. The molecule has 0 aliphatic carbocycles. The Morgan fingerprint density at radius 3 is 2.29 bits per heavy atom. The van der Waals surface area contributed by atoms with Gasteiger partial charge in [-0.3, -0.25) is 4.98 Å². The van der Waals surface area contributed by atoms with Crippen LogP contribution in [0.25, 0.3) is 0 Å². The molecule has 6 heteroatoms. The Morgan fingerprint density at radius 2 is 1.76 bits per heavy atom. The number of hydrogen-bond acceptors (Lipinski definition) is 5. The van der Waals surface area contributed by atoms with E-state index in [1.54, 1.807) is 43.3 Å². The summed E-state index contributed by atoms with van der Waals surface area (Å²) in [4.78, 5) is 29.0. The normalized spacial score (nSPS) is 15.3. The van der Waals surface area contributed by atoms with Gasteiger partial charge < -0.3 is 14.7 Å². The van der Waals surface area contributed by atoms with E-state index in [1.807, 2.05) is 0 Å². The van der Waals surface area contributed by atoms with Gasteiger partial charge in [0.2, 0.25) is 0 Å². The summed E-state index contributed by atoms with van der Waals surface area (Å²) < 4.78 is 4.76. The first kappa shape index (κ1) is 14.8. The fourth-order valence-corrected chi connectivity index (χ4v) is 2.41. The monoisotopic (exact) mass is 288 g/mol. The van der Waals surface area contributed by atoms with Crippen LogP contribution in [0, 0.1) is 0 Å². The predicted octanol–water partition coefficient (Wildman–Crippen LogP) is 2.10. The number of pyridine rings is 1. The van der Waals surface area contributed by atoms with Crippen molar-refractivity contribution in [3.05, 3.63) is 47.1 Å². The first-order chi connectivity index (χ1) is 9.97. The third-order valence-electron chi connectivity index (χ3n) is 3.51. The van der Waals surface area contributed by atoms with Crippen molar-refractivity contribution in [2.75, 3.05) is 12.0 Å². The van der Waals surface area contributed by atoms with E-state index in [9.17, 15) is 14.7 Å². The highest BCUT2D eigenvalue weighted by Crippen LogP contribution is 2.34. The lowest BCUT2D eigenvalue weighted by molar-refractivity contribution is -0.136. The number of esters is 1. The zero-order valence-corrected chi connectivity index (χ0v) is 12.1. The van der Waals surface area contributed by atoms with Gasteiger partial charge in [-0.15, -0.1) is 0 Å². The number of carboxylic acid groups (broad SMARTS) is 1. The maximum Gasteiger partial charge on any atom is 0.335 e. The standard InChI is InChI=1S/C15H16N2O4/c1-9-12(14(18)19)8-13(15(20)21-3)10(2)17(9)11-4-6-16-7-5-11/h4-7H,8H2,1-3H3,(H,18,19). The lowest BCUT2D eigenvalue weighted by atomic mass is 9.96. The SMILES string of the molecule is COC(=O)C1=C(C)N(c2ccncc2)C(C)=C(C(=O)O)C1. The minimum atomic E-state index is -1.04. The highest BCUT2D eigenvalue weighted by atomic mass is 16.5. The molecular formula is C15H16N2O4. The molecule has 6 nitrogen and oxygen atoms in total. The minimum Gasteiger partial charge on any atom is -0.478 e. The smallest absolute Gasteiger partial charge is 0.335 e. The zero-order valence-electron chi connectivity index (χ0n) is 12.1. The summed E-state index contributed by atoms with van der Waals surface area (Å²) in [6.45, 7) is 3.50. The lowest BCUT2D eigenvalue weighted by Crippen LogP contribution is -2.30. The van der Waals surface area contributed by atoms with Crippen LogP contribution in [-0.4, -0.2) is 29.1 Å². The summed E-state index contributed by atoms with van der Waals surface area (Å²) >= 11 is 0. The molecule has 110 valence electrons. The molecule has 0 unspecified atom stereocenters. The van der Waals surface area contributed by atoms with Crippen molar-refractivity contribution in [3.63, 3.8) is 0 Å². The van der Waals surface area contributed by atoms with Crippen molar-refractivity contribution in [3.8, 4) is 0 Å². The average molecular weight is 288 g/mol. The summed E-state index contributed by atoms with van der Waals surface area (Å²) in [5, 5.41) is 9.36. The van der Waals surface area contributed by atoms with Crippen LogP contribution >= 0.6 is 0 Å². The summed E-state index contributed by atoms with van der Waals surface area (Å²) in [5.41, 5.74) is 2.52. The molecule has 1 aromatic rings. The minimum absolute atomic E-state index is 0.0568. The van der Waals surface area contributed by atoms with E-state index in [-0.39, 0.29) is 12.0 Å². The summed E-state index contributed by atoms with van der Waals surface area (Å²) in [7, 11) is 1.28. The molecule has 0 fully saturated rings. The second-order valence-electron chi connectivity index (χ2n) is 4.64. The van der Waals surface area contributed by atoms with E-state index >= 15 is 0 Å². The quantitative estimate of drug-likeness (QED) is 0.858. The molecule has 1 aliphatic heterocycles. The van der Waals surface area contributed by atoms with Crippen LogP contribution in [0.4, 0.5) is 5.69 Å². The van der Waals surface area contributed by atoms with Gasteiger partial charge in [0.15, 0.2) is 0 Å². The second kappa shape index (κ2) is 5.78. The van der Waals surface area contributed by atoms with Gasteiger partial charge in [0.1, 0.15) is 0 Å². The van der Waals surface area contributed by atoms with Gasteiger partial charge >= 0.3 is 11.9 Å². The third kappa shape index (κ3) is 2.65. The molecule has 21 heavy (non-hydrogen) atoms. The van der Waals surface area contributed by atoms with Crippen molar-refractivity contribution in [1.82, 2.24) is 4.98 Å². The van der Waals surface area contributed by atoms with Crippen LogP contribution in [0.2, 0.25) is 0 Å². The zero-order chi connectivity index (χ0) is 15.6. The summed E-state index contributed by atoms with van der Waals surface area (Å²) in [5.74, 6) is -1.56. The fraction of sp³-hybridized carbons (Fsp3) is 0.267. The van der Waals surface area contributed by atoms with Gasteiger partial charge in [-0.2, -0.15) is 0 Å². The van der Waals surface area contributed by atoms with Crippen molar-refractivity contribution in [1.29, 1.82) is 0 Å². The van der Waals surface area contributed by atoms with Crippen LogP contribution in [-0.2, 0) is 14.3 Å². The highest BCUT2D eigenvalue weighted by Gasteiger charge is 2.30. The maximum atomic E-state index is 11.9. The first-order valence-electron chi connectivity index (χ1n) is 6.38. The van der Waals surface area contributed by atoms with Crippen molar-refractivity contribution in [2.24, 2.45) is 0 Å². The predicted molar refractivity (Wildman–Crippen MR) is 76.4 cm³/mol. The molecule has 0 aromatic carbocycles. The van der Waals surface area contributed by atoms with E-state index in [0.29, 0.717) is 17.0 Å². The number of carbonyl (C=O) groups is 2. The number of aromatic nitrogens is 1. The molecule has 0 atom stereocenters. The largest absolute Gasteiger partial charge is 0.478 e. The van der Waals surface area contributed by atoms with E-state index < -0.39 is 11.9 Å². The van der Waals surface area contributed by atoms with Crippen molar-refractivity contribution in [2.45, 2.75) is 20.3 Å². The molecule has 0 saturated carbocycles. The van der Waals surface area contributed by atoms with Crippen LogP contribution in [0.5, 0.6) is 0 Å². The Bertz CT molecular complexity index is 647. The first-order valence-corrected chi connectivity index (χ1v) is 6.38. The van der Waals surface area contributed by atoms with Gasteiger partial charge in [-0.1, -0.05) is 0 Å². The van der Waals surface area contributed by atoms with Gasteiger partial charge in [0.25, 0.3) is 0 Å². The highest BCUT2D eigenvalue weighted by molar-refractivity contribution is 5.97. The second-order valence-corrected chi connectivity index (χ2v) is 4.64. The number of anilines is 1. The molecule has 0 amide bonds. The number of methoxy groups -OCH3 is 1. The third-order valence-corrected chi connectivity index (χ3v) is 3.51. The molecule has 1 N–H and O–H groups in total. The molecular weight excluding hydrogens is 272 g/mol. The van der Waals surface area contributed by atoms with Crippen LogP contribution in [0.3, 0.4) is 0 Å².